The van der Waals surface area contributed by atoms with Crippen molar-refractivity contribution in [2.75, 3.05) is 0 Å². The van der Waals surface area contributed by atoms with E-state index in [0.717, 1.165) is 0 Å². The van der Waals surface area contributed by atoms with E-state index >= 15 is 0 Å². The largest absolute Gasteiger partial charge is 0.0843 e. The lowest BCUT2D eigenvalue weighted by molar-refractivity contribution is 2.14. The van der Waals surface area contributed by atoms with Crippen LogP contribution in [0.4, 0.5) is 0 Å². The number of hydrogen-bond donors (Lipinski definition) is 0. The summed E-state index contributed by atoms with van der Waals surface area (Å²) in [5.41, 5.74) is 0. The van der Waals surface area contributed by atoms with Gasteiger partial charge in [-0.3, -0.25) is 0 Å². The molecule has 3 heteroatoms. The van der Waals surface area contributed by atoms with Gasteiger partial charge in [-0.1, -0.05) is 28.3 Å². The molecule has 0 fully saturated rings. The third-order valence-electron chi connectivity index (χ3n) is 0.218. The lowest BCUT2D eigenvalue weighted by Crippen LogP contribution is -1.35. The molecule has 0 rings (SSSR count). The van der Waals surface area contributed by atoms with Gasteiger partial charge in [0.05, 0.1) is 0 Å². The van der Waals surface area contributed by atoms with Gasteiger partial charge in [0.25, 0.3) is 0 Å². The summed E-state index contributed by atoms with van der Waals surface area (Å²) in [6, 6.07) is 0. The van der Waals surface area contributed by atoms with Gasteiger partial charge >= 0.3 is 0 Å². The summed E-state index contributed by atoms with van der Waals surface area (Å²) in [5, 5.41) is 0. The zero-order chi connectivity index (χ0) is 4.28. The molecule has 0 aliphatic carbocycles. The van der Waals surface area contributed by atoms with Crippen LogP contribution in [0.5, 0.6) is 0 Å². The molecule has 0 unspecified atom stereocenters. The quantitative estimate of drug-likeness (QED) is 0.442. The number of rotatable bonds is 0. The molecule has 0 saturated heterocycles. The second-order valence-electron chi connectivity index (χ2n) is 0.578. The molecule has 0 aliphatic heterocycles. The molecular formula is C2H5Cl2P. The highest BCUT2D eigenvalue weighted by Gasteiger charge is 1.65. The van der Waals surface area contributed by atoms with E-state index in [9.17, 15) is 0 Å². The summed E-state index contributed by atoms with van der Waals surface area (Å²) >= 11 is 10.5. The van der Waals surface area contributed by atoms with Crippen LogP contribution in [-0.2, 0) is 0 Å². The first-order chi connectivity index (χ1) is 2.27. The van der Waals surface area contributed by atoms with Crippen LogP contribution in [0.25, 0.3) is 0 Å². The first kappa shape index (κ1) is 5.88. The van der Waals surface area contributed by atoms with Crippen molar-refractivity contribution in [3.05, 3.63) is 0 Å². The van der Waals surface area contributed by atoms with Crippen LogP contribution in [0.15, 0.2) is 0 Å². The fourth-order valence-corrected chi connectivity index (χ4v) is 0. The Balaban J connectivity index is 3.14. The number of hydrogen-bond acceptors (Lipinski definition) is 0. The van der Waals surface area contributed by atoms with Gasteiger partial charge in [-0.25, -0.2) is 0 Å². The molecule has 0 atom stereocenters. The van der Waals surface area contributed by atoms with Gasteiger partial charge < -0.3 is 0 Å². The van der Waals surface area contributed by atoms with Crippen molar-refractivity contribution < 1.29 is 0 Å². The van der Waals surface area contributed by atoms with Crippen LogP contribution in [0.3, 0.4) is 0 Å². The highest BCUT2D eigenvalue weighted by atomic mass is 35.9. The minimum atomic E-state index is -1.05. The van der Waals surface area contributed by atoms with Crippen LogP contribution in [-0.4, -0.2) is 5.80 Å². The Labute approximate surface area is 42.1 Å². The Bertz CT molecular complexity index is 45.6. The van der Waals surface area contributed by atoms with Crippen LogP contribution in [0.2, 0.25) is 0 Å². The highest BCUT2D eigenvalue weighted by Crippen LogP contribution is 2.32. The summed E-state index contributed by atoms with van der Waals surface area (Å²) < 4.78 is 0. The maximum absolute atomic E-state index is 5.27. The van der Waals surface area contributed by atoms with Crippen molar-refractivity contribution in [1.29, 1.82) is 0 Å². The van der Waals surface area contributed by atoms with Crippen LogP contribution in [0.1, 0.15) is 6.92 Å². The van der Waals surface area contributed by atoms with Gasteiger partial charge in [0, 0.05) is 6.25 Å². The summed E-state index contributed by atoms with van der Waals surface area (Å²) in [5.74, 6) is 1.80. The summed E-state index contributed by atoms with van der Waals surface area (Å²) in [6.45, 7) is 1.86. The molecule has 0 saturated carbocycles. The predicted molar refractivity (Wildman–Crippen MR) is 31.8 cm³/mol. The highest BCUT2D eigenvalue weighted by molar-refractivity contribution is 8.02. The second-order valence-corrected chi connectivity index (χ2v) is 4.76. The van der Waals surface area contributed by atoms with E-state index in [0.29, 0.717) is 0 Å². The Kier molecular flexibility index (Phi) is 3.63. The molecule has 0 amide bonds. The van der Waals surface area contributed by atoms with E-state index in [1.165, 1.54) is 0 Å². The molecule has 0 N–H and O–H groups in total. The van der Waals surface area contributed by atoms with Crippen LogP contribution < -0.4 is 0 Å². The fourth-order valence-electron chi connectivity index (χ4n) is 0. The van der Waals surface area contributed by atoms with Crippen molar-refractivity contribution in [2.45, 2.75) is 6.92 Å². The summed E-state index contributed by atoms with van der Waals surface area (Å²) in [6.07, 6.45) is -1.05. The minimum absolute atomic E-state index is 1.05. The van der Waals surface area contributed by atoms with E-state index in [1.54, 1.807) is 5.80 Å². The zero-order valence-electron chi connectivity index (χ0n) is 2.83. The molecule has 0 aliphatic rings. The fraction of sp³-hybridized carbons (Fsp3) is 0.500. The molecule has 32 valence electrons. The summed E-state index contributed by atoms with van der Waals surface area (Å²) in [7, 11) is 0. The van der Waals surface area contributed by atoms with Gasteiger partial charge in [0.2, 0.25) is 0 Å². The Hall–Kier alpha value is 0.880. The van der Waals surface area contributed by atoms with E-state index in [-0.39, 0.29) is 0 Å². The van der Waals surface area contributed by atoms with E-state index in [4.69, 9.17) is 22.5 Å². The molecule has 0 heterocycles. The summed E-state index contributed by atoms with van der Waals surface area (Å²) in [4.78, 5) is 0. The number of halogens is 2. The molecule has 0 spiro atoms. The van der Waals surface area contributed by atoms with Gasteiger partial charge in [0.1, 0.15) is 0 Å². The molecule has 0 aromatic heterocycles. The predicted octanol–water partition coefficient (Wildman–Crippen LogP) is 2.33. The smallest absolute Gasteiger partial charge is 0.0460 e. The first-order valence-electron chi connectivity index (χ1n) is 1.24. The Morgan fingerprint density at radius 3 is 1.80 bits per heavy atom. The SMILES string of the molecule is CC=[PH](Cl)Cl. The average Bonchev–Trinajstić information content (AvgIpc) is 1.38. The van der Waals surface area contributed by atoms with Gasteiger partial charge in [-0.15, -0.1) is 0 Å². The monoisotopic (exact) mass is 130 g/mol. The zero-order valence-corrected chi connectivity index (χ0v) is 5.35. The molecule has 0 bridgehead atoms. The van der Waals surface area contributed by atoms with Crippen molar-refractivity contribution in [2.24, 2.45) is 0 Å². The molecule has 0 aromatic carbocycles. The minimum Gasteiger partial charge on any atom is -0.0843 e. The van der Waals surface area contributed by atoms with Gasteiger partial charge in [-0.05, 0) is 6.92 Å². The maximum atomic E-state index is 5.27. The standard InChI is InChI=1S/C2H5Cl2P/c1-2-5(3)4/h2,5H,1H3. The third kappa shape index (κ3) is 4.88. The topological polar surface area (TPSA) is 0 Å². The molecule has 0 radical (unpaired) electrons. The van der Waals surface area contributed by atoms with Crippen molar-refractivity contribution >= 4 is 34.5 Å². The Morgan fingerprint density at radius 2 is 1.80 bits per heavy atom. The van der Waals surface area contributed by atoms with Crippen molar-refractivity contribution in [1.82, 2.24) is 0 Å². The van der Waals surface area contributed by atoms with E-state index in [1.807, 2.05) is 6.92 Å². The van der Waals surface area contributed by atoms with Gasteiger partial charge in [0.15, 0.2) is 0 Å². The van der Waals surface area contributed by atoms with Crippen molar-refractivity contribution in [3.8, 4) is 0 Å². The molecule has 5 heavy (non-hydrogen) atoms. The van der Waals surface area contributed by atoms with E-state index < -0.39 is 6.25 Å². The third-order valence-corrected chi connectivity index (χ3v) is 1.96. The lowest BCUT2D eigenvalue weighted by atomic mass is 11.0. The lowest BCUT2D eigenvalue weighted by Gasteiger charge is -1.69. The molecule has 0 nitrogen and oxygen atoms in total. The van der Waals surface area contributed by atoms with Crippen molar-refractivity contribution in [3.63, 3.8) is 0 Å². The van der Waals surface area contributed by atoms with Crippen LogP contribution >= 0.6 is 28.7 Å². The van der Waals surface area contributed by atoms with Gasteiger partial charge in [-0.2, -0.15) is 0 Å². The normalized spacial score (nSPS) is 8.80. The molecule has 0 aromatic rings. The molecular weight excluding hydrogens is 126 g/mol. The maximum Gasteiger partial charge on any atom is 0.0460 e. The van der Waals surface area contributed by atoms with E-state index in [2.05, 4.69) is 0 Å². The second kappa shape index (κ2) is 3.08. The Morgan fingerprint density at radius 1 is 1.60 bits per heavy atom. The van der Waals surface area contributed by atoms with Crippen LogP contribution in [0, 0.1) is 0 Å². The first-order valence-corrected chi connectivity index (χ1v) is 4.85. The average molecular weight is 131 g/mol.